The highest BCUT2D eigenvalue weighted by atomic mass is 16.3. The lowest BCUT2D eigenvalue weighted by Crippen LogP contribution is -2.50. The molecule has 0 spiro atoms. The zero-order chi connectivity index (χ0) is 18.5. The summed E-state index contributed by atoms with van der Waals surface area (Å²) < 4.78 is 5.15. The maximum absolute atomic E-state index is 12.6. The van der Waals surface area contributed by atoms with Crippen LogP contribution in [0.2, 0.25) is 0 Å². The highest BCUT2D eigenvalue weighted by Gasteiger charge is 2.26. The third-order valence-electron chi connectivity index (χ3n) is 4.60. The van der Waals surface area contributed by atoms with Crippen LogP contribution in [-0.2, 0) is 0 Å². The van der Waals surface area contributed by atoms with Gasteiger partial charge in [-0.15, -0.1) is 0 Å². The summed E-state index contributed by atoms with van der Waals surface area (Å²) in [6, 6.07) is 7.31. The number of carbonyl (C=O) groups excluding carboxylic acids is 2. The number of nitrogens with zero attached hydrogens (tertiary/aromatic N) is 3. The molecule has 0 radical (unpaired) electrons. The highest BCUT2D eigenvalue weighted by Crippen LogP contribution is 2.13. The Bertz CT molecular complexity index is 735. The van der Waals surface area contributed by atoms with Gasteiger partial charge in [0.05, 0.1) is 11.8 Å². The fourth-order valence-electron chi connectivity index (χ4n) is 2.81. The lowest BCUT2D eigenvalue weighted by atomic mass is 10.2. The molecular weight excluding hydrogens is 332 g/mol. The van der Waals surface area contributed by atoms with Gasteiger partial charge in [-0.3, -0.25) is 9.59 Å². The van der Waals surface area contributed by atoms with Crippen molar-refractivity contribution in [3.8, 4) is 0 Å². The van der Waals surface area contributed by atoms with Crippen LogP contribution in [0.15, 0.2) is 41.1 Å². The summed E-state index contributed by atoms with van der Waals surface area (Å²) in [5.74, 6) is 0.907. The summed E-state index contributed by atoms with van der Waals surface area (Å²) >= 11 is 0. The SMILES string of the molecule is CCC(C)Nc1ccc(C(=O)N2CCN(C(=O)c3ccco3)CC2)cn1. The minimum atomic E-state index is -0.135. The number of anilines is 1. The first-order valence-electron chi connectivity index (χ1n) is 8.93. The smallest absolute Gasteiger partial charge is 0.289 e. The second kappa shape index (κ2) is 8.03. The number of carbonyl (C=O) groups is 2. The van der Waals surface area contributed by atoms with Gasteiger partial charge < -0.3 is 19.5 Å². The molecule has 138 valence electrons. The number of amides is 2. The summed E-state index contributed by atoms with van der Waals surface area (Å²) in [6.45, 7) is 6.17. The lowest BCUT2D eigenvalue weighted by Gasteiger charge is -2.34. The molecule has 7 nitrogen and oxygen atoms in total. The van der Waals surface area contributed by atoms with Crippen LogP contribution in [0.3, 0.4) is 0 Å². The molecular formula is C19H24N4O3. The van der Waals surface area contributed by atoms with Crippen molar-refractivity contribution < 1.29 is 14.0 Å². The van der Waals surface area contributed by atoms with Gasteiger partial charge in [-0.25, -0.2) is 4.98 Å². The van der Waals surface area contributed by atoms with Crippen LogP contribution in [0, 0.1) is 0 Å². The second-order valence-electron chi connectivity index (χ2n) is 6.45. The molecule has 1 fully saturated rings. The number of nitrogens with one attached hydrogen (secondary N) is 1. The van der Waals surface area contributed by atoms with Crippen molar-refractivity contribution in [1.29, 1.82) is 0 Å². The first-order valence-corrected chi connectivity index (χ1v) is 8.93. The van der Waals surface area contributed by atoms with Gasteiger partial charge in [0.2, 0.25) is 0 Å². The highest BCUT2D eigenvalue weighted by molar-refractivity contribution is 5.95. The largest absolute Gasteiger partial charge is 0.459 e. The van der Waals surface area contributed by atoms with Gasteiger partial charge in [-0.05, 0) is 37.6 Å². The van der Waals surface area contributed by atoms with Crippen molar-refractivity contribution in [2.75, 3.05) is 31.5 Å². The Hall–Kier alpha value is -2.83. The molecule has 0 saturated carbocycles. The summed E-state index contributed by atoms with van der Waals surface area (Å²) in [7, 11) is 0. The molecule has 0 aliphatic carbocycles. The van der Waals surface area contributed by atoms with Crippen LogP contribution >= 0.6 is 0 Å². The van der Waals surface area contributed by atoms with E-state index < -0.39 is 0 Å². The number of piperazine rings is 1. The van der Waals surface area contributed by atoms with Crippen molar-refractivity contribution in [2.24, 2.45) is 0 Å². The van der Waals surface area contributed by atoms with Crippen LogP contribution in [-0.4, -0.2) is 58.8 Å². The van der Waals surface area contributed by atoms with E-state index in [1.807, 2.05) is 6.07 Å². The molecule has 26 heavy (non-hydrogen) atoms. The molecule has 1 aliphatic rings. The van der Waals surface area contributed by atoms with Crippen LogP contribution in [0.5, 0.6) is 0 Å². The van der Waals surface area contributed by atoms with Gasteiger partial charge in [0.1, 0.15) is 5.82 Å². The average Bonchev–Trinajstić information content (AvgIpc) is 3.22. The van der Waals surface area contributed by atoms with E-state index in [9.17, 15) is 9.59 Å². The first kappa shape index (κ1) is 18.0. The molecule has 1 N–H and O–H groups in total. The van der Waals surface area contributed by atoms with Crippen molar-refractivity contribution in [2.45, 2.75) is 26.3 Å². The maximum atomic E-state index is 12.6. The zero-order valence-electron chi connectivity index (χ0n) is 15.1. The van der Waals surface area contributed by atoms with Gasteiger partial charge in [-0.2, -0.15) is 0 Å². The minimum absolute atomic E-state index is 0.0577. The fourth-order valence-corrected chi connectivity index (χ4v) is 2.81. The summed E-state index contributed by atoms with van der Waals surface area (Å²) in [4.78, 5) is 32.7. The molecule has 0 bridgehead atoms. The molecule has 2 aromatic heterocycles. The van der Waals surface area contributed by atoms with E-state index in [0.29, 0.717) is 43.5 Å². The number of furan rings is 1. The van der Waals surface area contributed by atoms with Gasteiger partial charge >= 0.3 is 0 Å². The van der Waals surface area contributed by atoms with E-state index in [2.05, 4.69) is 24.1 Å². The number of rotatable bonds is 5. The molecule has 1 atom stereocenters. The van der Waals surface area contributed by atoms with Gasteiger partial charge in [0, 0.05) is 38.4 Å². The molecule has 1 aliphatic heterocycles. The standard InChI is InChI=1S/C19H24N4O3/c1-3-14(2)21-17-7-6-15(13-20-17)18(24)22-8-10-23(11-9-22)19(25)16-5-4-12-26-16/h4-7,12-14H,3,8-11H2,1-2H3,(H,20,21). The zero-order valence-corrected chi connectivity index (χ0v) is 15.1. The van der Waals surface area contributed by atoms with Crippen LogP contribution in [0.1, 0.15) is 41.2 Å². The van der Waals surface area contributed by atoms with Crippen molar-refractivity contribution in [1.82, 2.24) is 14.8 Å². The minimum Gasteiger partial charge on any atom is -0.459 e. The predicted molar refractivity (Wildman–Crippen MR) is 98.1 cm³/mol. The van der Waals surface area contributed by atoms with E-state index in [-0.39, 0.29) is 11.8 Å². The molecule has 7 heteroatoms. The first-order chi connectivity index (χ1) is 12.6. The van der Waals surface area contributed by atoms with Gasteiger partial charge in [-0.1, -0.05) is 6.92 Å². The molecule has 1 unspecified atom stereocenters. The number of hydrogen-bond acceptors (Lipinski definition) is 5. The lowest BCUT2D eigenvalue weighted by molar-refractivity contribution is 0.0518. The summed E-state index contributed by atoms with van der Waals surface area (Å²) in [6.07, 6.45) is 4.09. The summed E-state index contributed by atoms with van der Waals surface area (Å²) in [5, 5.41) is 3.28. The number of hydrogen-bond donors (Lipinski definition) is 1. The molecule has 3 heterocycles. The molecule has 1 saturated heterocycles. The number of pyridine rings is 1. The Morgan fingerprint density at radius 3 is 2.38 bits per heavy atom. The fraction of sp³-hybridized carbons (Fsp3) is 0.421. The van der Waals surface area contributed by atoms with Crippen LogP contribution in [0.4, 0.5) is 5.82 Å². The Morgan fingerprint density at radius 1 is 1.15 bits per heavy atom. The Morgan fingerprint density at radius 2 is 1.85 bits per heavy atom. The Kier molecular flexibility index (Phi) is 5.55. The molecule has 0 aromatic carbocycles. The topological polar surface area (TPSA) is 78.7 Å². The normalized spacial score (nSPS) is 15.6. The monoisotopic (exact) mass is 356 g/mol. The van der Waals surface area contributed by atoms with E-state index in [4.69, 9.17) is 4.42 Å². The quantitative estimate of drug-likeness (QED) is 0.890. The molecule has 3 rings (SSSR count). The van der Waals surface area contributed by atoms with E-state index in [1.165, 1.54) is 6.26 Å². The molecule has 2 amide bonds. The number of aromatic nitrogens is 1. The van der Waals surface area contributed by atoms with Crippen molar-refractivity contribution >= 4 is 17.6 Å². The van der Waals surface area contributed by atoms with Gasteiger partial charge in [0.25, 0.3) is 11.8 Å². The van der Waals surface area contributed by atoms with E-state index >= 15 is 0 Å². The summed E-state index contributed by atoms with van der Waals surface area (Å²) in [5.41, 5.74) is 0.561. The second-order valence-corrected chi connectivity index (χ2v) is 6.45. The molecule has 2 aromatic rings. The van der Waals surface area contributed by atoms with Crippen LogP contribution in [0.25, 0.3) is 0 Å². The predicted octanol–water partition coefficient (Wildman–Crippen LogP) is 2.48. The Balaban J connectivity index is 1.55. The van der Waals surface area contributed by atoms with Crippen molar-refractivity contribution in [3.63, 3.8) is 0 Å². The van der Waals surface area contributed by atoms with Gasteiger partial charge in [0.15, 0.2) is 5.76 Å². The third kappa shape index (κ3) is 4.04. The Labute approximate surface area is 153 Å². The van der Waals surface area contributed by atoms with E-state index in [1.54, 1.807) is 34.2 Å². The van der Waals surface area contributed by atoms with Crippen molar-refractivity contribution in [3.05, 3.63) is 48.0 Å². The van der Waals surface area contributed by atoms with Crippen LogP contribution < -0.4 is 5.32 Å². The third-order valence-corrected chi connectivity index (χ3v) is 4.60. The maximum Gasteiger partial charge on any atom is 0.289 e. The van der Waals surface area contributed by atoms with E-state index in [0.717, 1.165) is 12.2 Å². The average molecular weight is 356 g/mol.